The molecular formula is C18H14F2N4O2. The van der Waals surface area contributed by atoms with Crippen LogP contribution in [-0.2, 0) is 13.7 Å². The van der Waals surface area contributed by atoms with Crippen LogP contribution in [0.25, 0.3) is 5.69 Å². The summed E-state index contributed by atoms with van der Waals surface area (Å²) < 4.78 is 34.0. The van der Waals surface area contributed by atoms with E-state index in [-0.39, 0.29) is 17.9 Å². The lowest BCUT2D eigenvalue weighted by Gasteiger charge is -2.14. The smallest absolute Gasteiger partial charge is 0.368 e. The van der Waals surface area contributed by atoms with Crippen molar-refractivity contribution in [3.63, 3.8) is 0 Å². The number of aryl methyl sites for hydroxylation is 1. The Morgan fingerprint density at radius 3 is 2.62 bits per heavy atom. The molecule has 0 fully saturated rings. The standard InChI is InChI=1S/C18H14F2N4O2/c1-3-12-7-6-9-15(24-18(25)23(2)21-22-24)14(12)11-26-16-10-5-4-8-13(16)17(19)20/h1,4-10,17H,11H2,2H3. The summed E-state index contributed by atoms with van der Waals surface area (Å²) in [5, 5.41) is 7.47. The Labute approximate surface area is 147 Å². The second-order valence-electron chi connectivity index (χ2n) is 5.37. The molecule has 0 aliphatic carbocycles. The van der Waals surface area contributed by atoms with Crippen LogP contribution in [0.4, 0.5) is 8.78 Å². The van der Waals surface area contributed by atoms with Crippen LogP contribution in [0.15, 0.2) is 47.3 Å². The molecule has 2 aromatic carbocycles. The average Bonchev–Trinajstić information content (AvgIpc) is 2.98. The molecule has 0 spiro atoms. The lowest BCUT2D eigenvalue weighted by atomic mass is 10.1. The van der Waals surface area contributed by atoms with E-state index in [0.29, 0.717) is 16.8 Å². The predicted molar refractivity (Wildman–Crippen MR) is 90.3 cm³/mol. The van der Waals surface area contributed by atoms with E-state index >= 15 is 0 Å². The molecule has 26 heavy (non-hydrogen) atoms. The van der Waals surface area contributed by atoms with E-state index in [1.54, 1.807) is 24.3 Å². The fourth-order valence-electron chi connectivity index (χ4n) is 2.47. The van der Waals surface area contributed by atoms with E-state index in [1.165, 1.54) is 25.2 Å². The summed E-state index contributed by atoms with van der Waals surface area (Å²) in [6.07, 6.45) is 2.86. The van der Waals surface area contributed by atoms with E-state index in [2.05, 4.69) is 16.3 Å². The fourth-order valence-corrected chi connectivity index (χ4v) is 2.47. The van der Waals surface area contributed by atoms with Gasteiger partial charge in [-0.25, -0.2) is 13.6 Å². The monoisotopic (exact) mass is 356 g/mol. The molecule has 1 heterocycles. The number of ether oxygens (including phenoxy) is 1. The number of hydrogen-bond acceptors (Lipinski definition) is 4. The van der Waals surface area contributed by atoms with E-state index in [9.17, 15) is 13.6 Å². The van der Waals surface area contributed by atoms with Gasteiger partial charge < -0.3 is 4.74 Å². The quantitative estimate of drug-likeness (QED) is 0.659. The molecule has 0 saturated heterocycles. The highest BCUT2D eigenvalue weighted by Crippen LogP contribution is 2.30. The number of halogens is 2. The molecule has 0 amide bonds. The van der Waals surface area contributed by atoms with Crippen LogP contribution in [0, 0.1) is 12.3 Å². The molecule has 0 aliphatic heterocycles. The predicted octanol–water partition coefficient (Wildman–Crippen LogP) is 2.46. The summed E-state index contributed by atoms with van der Waals surface area (Å²) in [5.74, 6) is 2.56. The molecule has 1 aromatic heterocycles. The molecule has 0 N–H and O–H groups in total. The van der Waals surface area contributed by atoms with Gasteiger partial charge in [0.25, 0.3) is 6.43 Å². The number of terminal acetylenes is 1. The Bertz CT molecular complexity index is 1030. The number of tetrazole rings is 1. The minimum Gasteiger partial charge on any atom is -0.488 e. The molecule has 0 atom stereocenters. The third-order valence-corrected chi connectivity index (χ3v) is 3.78. The van der Waals surface area contributed by atoms with Crippen molar-refractivity contribution in [2.75, 3.05) is 0 Å². The SMILES string of the molecule is C#Cc1cccc(-n2nnn(C)c2=O)c1COc1ccccc1C(F)F. The number of aromatic nitrogens is 4. The number of benzene rings is 2. The molecule has 132 valence electrons. The molecule has 0 radical (unpaired) electrons. The van der Waals surface area contributed by atoms with Gasteiger partial charge in [0.2, 0.25) is 0 Å². The van der Waals surface area contributed by atoms with Crippen LogP contribution in [0.5, 0.6) is 5.75 Å². The van der Waals surface area contributed by atoms with Crippen LogP contribution >= 0.6 is 0 Å². The first kappa shape index (κ1) is 17.4. The summed E-state index contributed by atoms with van der Waals surface area (Å²) in [4.78, 5) is 12.1. The Hall–Kier alpha value is -3.47. The Balaban J connectivity index is 2.02. The molecule has 0 saturated carbocycles. The number of alkyl halides is 2. The van der Waals surface area contributed by atoms with Crippen LogP contribution in [0.2, 0.25) is 0 Å². The summed E-state index contributed by atoms with van der Waals surface area (Å²) in [6, 6.07) is 10.8. The maximum atomic E-state index is 13.1. The van der Waals surface area contributed by atoms with Gasteiger partial charge in [-0.3, -0.25) is 0 Å². The first-order valence-electron chi connectivity index (χ1n) is 7.60. The van der Waals surface area contributed by atoms with Gasteiger partial charge in [0.05, 0.1) is 11.3 Å². The largest absolute Gasteiger partial charge is 0.488 e. The van der Waals surface area contributed by atoms with Crippen molar-refractivity contribution in [3.05, 3.63) is 69.6 Å². The highest BCUT2D eigenvalue weighted by atomic mass is 19.3. The Morgan fingerprint density at radius 2 is 1.96 bits per heavy atom. The maximum absolute atomic E-state index is 13.1. The van der Waals surface area contributed by atoms with Crippen LogP contribution in [0.3, 0.4) is 0 Å². The number of rotatable bonds is 5. The lowest BCUT2D eigenvalue weighted by Crippen LogP contribution is -2.23. The van der Waals surface area contributed by atoms with Gasteiger partial charge in [-0.2, -0.15) is 9.36 Å². The van der Waals surface area contributed by atoms with Crippen molar-refractivity contribution >= 4 is 0 Å². The first-order valence-corrected chi connectivity index (χ1v) is 7.60. The van der Waals surface area contributed by atoms with Crippen LogP contribution < -0.4 is 10.4 Å². The molecule has 0 unspecified atom stereocenters. The number of hydrogen-bond donors (Lipinski definition) is 0. The third kappa shape index (κ3) is 3.19. The summed E-state index contributed by atoms with van der Waals surface area (Å²) in [7, 11) is 1.46. The second-order valence-corrected chi connectivity index (χ2v) is 5.37. The van der Waals surface area contributed by atoms with Crippen molar-refractivity contribution in [1.82, 2.24) is 19.8 Å². The molecule has 3 aromatic rings. The molecule has 0 aliphatic rings. The zero-order valence-electron chi connectivity index (χ0n) is 13.8. The molecule has 6 nitrogen and oxygen atoms in total. The molecular weight excluding hydrogens is 342 g/mol. The van der Waals surface area contributed by atoms with E-state index in [1.807, 2.05) is 0 Å². The summed E-state index contributed by atoms with van der Waals surface area (Å²) in [5.41, 5.74) is 0.640. The second kappa shape index (κ2) is 7.19. The number of nitrogens with zero attached hydrogens (tertiary/aromatic N) is 4. The Morgan fingerprint density at radius 1 is 1.19 bits per heavy atom. The van der Waals surface area contributed by atoms with Crippen molar-refractivity contribution < 1.29 is 13.5 Å². The minimum absolute atomic E-state index is 0.0479. The van der Waals surface area contributed by atoms with E-state index in [0.717, 1.165) is 9.36 Å². The normalized spacial score (nSPS) is 10.7. The lowest BCUT2D eigenvalue weighted by molar-refractivity contribution is 0.144. The number of para-hydroxylation sites is 1. The third-order valence-electron chi connectivity index (χ3n) is 3.78. The maximum Gasteiger partial charge on any atom is 0.368 e. The minimum atomic E-state index is -2.67. The van der Waals surface area contributed by atoms with Crippen molar-refractivity contribution in [1.29, 1.82) is 0 Å². The average molecular weight is 356 g/mol. The van der Waals surface area contributed by atoms with Crippen LogP contribution in [0.1, 0.15) is 23.1 Å². The topological polar surface area (TPSA) is 61.9 Å². The molecule has 3 rings (SSSR count). The highest BCUT2D eigenvalue weighted by Gasteiger charge is 2.17. The zero-order chi connectivity index (χ0) is 18.7. The van der Waals surface area contributed by atoms with Crippen LogP contribution in [-0.4, -0.2) is 19.8 Å². The Kier molecular flexibility index (Phi) is 4.80. The van der Waals surface area contributed by atoms with Crippen molar-refractivity contribution in [3.8, 4) is 23.8 Å². The first-order chi connectivity index (χ1) is 12.5. The van der Waals surface area contributed by atoms with Gasteiger partial charge in [0.1, 0.15) is 12.4 Å². The zero-order valence-corrected chi connectivity index (χ0v) is 13.8. The van der Waals surface area contributed by atoms with Gasteiger partial charge in [0, 0.05) is 18.2 Å². The van der Waals surface area contributed by atoms with Gasteiger partial charge >= 0.3 is 5.69 Å². The van der Waals surface area contributed by atoms with Gasteiger partial charge in [-0.05, 0) is 34.7 Å². The van der Waals surface area contributed by atoms with Crippen molar-refractivity contribution in [2.45, 2.75) is 13.0 Å². The van der Waals surface area contributed by atoms with Gasteiger partial charge in [-0.15, -0.1) is 6.42 Å². The molecule has 8 heteroatoms. The fraction of sp³-hybridized carbons (Fsp3) is 0.167. The van der Waals surface area contributed by atoms with E-state index < -0.39 is 12.1 Å². The summed E-state index contributed by atoms with van der Waals surface area (Å²) in [6.45, 7) is -0.109. The van der Waals surface area contributed by atoms with Gasteiger partial charge in [-0.1, -0.05) is 24.1 Å². The van der Waals surface area contributed by atoms with Crippen molar-refractivity contribution in [2.24, 2.45) is 7.05 Å². The van der Waals surface area contributed by atoms with Gasteiger partial charge in [0.15, 0.2) is 0 Å². The highest BCUT2D eigenvalue weighted by molar-refractivity contribution is 5.51. The summed E-state index contributed by atoms with van der Waals surface area (Å²) >= 11 is 0. The molecule has 0 bridgehead atoms. The van der Waals surface area contributed by atoms with E-state index in [4.69, 9.17) is 11.2 Å².